The first-order valence-corrected chi connectivity index (χ1v) is 14.1. The van der Waals surface area contributed by atoms with Crippen LogP contribution < -0.4 is 41.9 Å². The van der Waals surface area contributed by atoms with Gasteiger partial charge in [0.15, 0.2) is 0 Å². The number of thioether (sulfide) groups is 1. The molecular weight excluding hydrogens is 680 g/mol. The zero-order chi connectivity index (χ0) is 24.1. The molecule has 4 atom stereocenters. The first kappa shape index (κ1) is 26.5. The van der Waals surface area contributed by atoms with Gasteiger partial charge < -0.3 is 0 Å². The van der Waals surface area contributed by atoms with E-state index in [2.05, 4.69) is 38.5 Å². The number of piperidine rings is 1. The molecule has 2 fully saturated rings. The van der Waals surface area contributed by atoms with Crippen molar-refractivity contribution in [1.29, 1.82) is 0 Å². The van der Waals surface area contributed by atoms with Gasteiger partial charge in [-0.1, -0.05) is 0 Å². The van der Waals surface area contributed by atoms with Gasteiger partial charge in [-0.15, -0.1) is 0 Å². The van der Waals surface area contributed by atoms with Crippen molar-refractivity contribution in [1.82, 2.24) is 16.0 Å². The number of methoxy groups -OCH3 is 1. The number of carboxylic acid groups (broad SMARTS) is 3. The van der Waals surface area contributed by atoms with E-state index < -0.39 is 39.1 Å². The van der Waals surface area contributed by atoms with Crippen LogP contribution in [-0.2, 0) is 20.8 Å². The van der Waals surface area contributed by atoms with Crippen LogP contribution in [0.1, 0.15) is 12.0 Å². The maximum atomic E-state index is 11.6. The Bertz CT molecular complexity index is 962. The van der Waals surface area contributed by atoms with Crippen molar-refractivity contribution in [2.45, 2.75) is 35.7 Å². The normalized spacial score (nSPS) is 25.0. The number of hydrogen-bond donors (Lipinski definition) is 6. The Kier molecular flexibility index (Phi) is 9.63. The van der Waals surface area contributed by atoms with Gasteiger partial charge in [-0.2, -0.15) is 0 Å². The summed E-state index contributed by atoms with van der Waals surface area (Å²) in [5, 5.41) is 37.7. The summed E-state index contributed by atoms with van der Waals surface area (Å²) in [5.74, 6) is -2.85. The third kappa shape index (κ3) is 7.17. The number of ether oxygens (including phenoxy) is 1. The molecule has 33 heavy (non-hydrogen) atoms. The van der Waals surface area contributed by atoms with Crippen LogP contribution in [-0.4, -0.2) is 76.3 Å². The molecule has 0 amide bonds. The quantitative estimate of drug-likeness (QED) is 0.114. The Hall–Kier alpha value is -1.14. The first-order valence-electron chi connectivity index (χ1n) is 9.97. The summed E-state index contributed by atoms with van der Waals surface area (Å²) >= 11 is 2.55. The summed E-state index contributed by atoms with van der Waals surface area (Å²) in [7, 11) is 1.52. The van der Waals surface area contributed by atoms with Gasteiger partial charge in [0.2, 0.25) is 0 Å². The number of hydrogen-bond acceptors (Lipinski definition) is 8. The third-order valence-corrected chi connectivity index (χ3v) is 10.2. The zero-order valence-corrected chi connectivity index (χ0v) is 22.6. The van der Waals surface area contributed by atoms with Crippen LogP contribution in [0.15, 0.2) is 21.8 Å². The molecule has 2 saturated heterocycles. The van der Waals surface area contributed by atoms with Gasteiger partial charge in [0.25, 0.3) is 0 Å². The molecule has 2 aliphatic heterocycles. The monoisotopic (exact) mass is 704 g/mol. The third-order valence-electron chi connectivity index (χ3n) is 5.13. The fraction of sp³-hybridized carbons (Fsp3) is 0.450. The molecule has 4 unspecified atom stereocenters. The fourth-order valence-electron chi connectivity index (χ4n) is 3.82. The van der Waals surface area contributed by atoms with Crippen LogP contribution >= 0.6 is 34.4 Å². The van der Waals surface area contributed by atoms with E-state index in [4.69, 9.17) is 14.9 Å². The summed E-state index contributed by atoms with van der Waals surface area (Å²) in [6.45, 7) is 0.726. The molecule has 6 N–H and O–H groups in total. The van der Waals surface area contributed by atoms with E-state index in [1.54, 1.807) is 11.8 Å². The van der Waals surface area contributed by atoms with Crippen molar-refractivity contribution in [3.63, 3.8) is 0 Å². The molecule has 2 aliphatic rings. The van der Waals surface area contributed by atoms with E-state index in [0.717, 1.165) is 31.7 Å². The van der Waals surface area contributed by atoms with E-state index in [9.17, 15) is 19.5 Å². The molecule has 0 bridgehead atoms. The van der Waals surface area contributed by atoms with E-state index in [-0.39, 0.29) is 33.0 Å². The van der Waals surface area contributed by atoms with Crippen molar-refractivity contribution in [3.05, 3.63) is 34.5 Å². The maximum absolute atomic E-state index is 11.6. The van der Waals surface area contributed by atoms with Gasteiger partial charge in [0.1, 0.15) is 0 Å². The topological polar surface area (TPSA) is 157 Å². The van der Waals surface area contributed by atoms with Crippen LogP contribution in [0.2, 0.25) is 0 Å². The zero-order valence-electron chi connectivity index (χ0n) is 17.5. The molecule has 182 valence electrons. The number of benzene rings is 1. The van der Waals surface area contributed by atoms with E-state index in [0.29, 0.717) is 12.2 Å². The van der Waals surface area contributed by atoms with Crippen molar-refractivity contribution in [2.24, 2.45) is 0 Å². The second-order valence-corrected chi connectivity index (χ2v) is 12.7. The molecule has 13 heteroatoms. The van der Waals surface area contributed by atoms with Gasteiger partial charge >= 0.3 is 220 Å². The molecule has 10 nitrogen and oxygen atoms in total. The van der Waals surface area contributed by atoms with Crippen LogP contribution in [0, 0.1) is 7.14 Å². The second kappa shape index (κ2) is 12.0. The molecule has 0 spiro atoms. The minimum absolute atomic E-state index is 0.109. The summed E-state index contributed by atoms with van der Waals surface area (Å²) < 4.78 is 6.95. The molecule has 0 saturated carbocycles. The number of carboxylic acids is 3. The summed E-state index contributed by atoms with van der Waals surface area (Å²) in [6.07, 6.45) is 2.40. The van der Waals surface area contributed by atoms with E-state index in [1.165, 1.54) is 7.11 Å². The van der Waals surface area contributed by atoms with E-state index in [1.807, 2.05) is 12.1 Å². The standard InChI is InChI=1S/C20H24I2N3O7S/c1-32-17-10(21)4-9(5-11(17)22-12(19(30)31)7-15(26)27)6-14-18-13(2-3-23-14)25-20(33-18)24-8-16(28)29/h4-5,7,13-14,18,20,23-25H,2-3,6,8H2,1H3,(H,26,27)(H,28,29)(H,30,31)/q-1/b12-7+. The molecule has 0 aromatic heterocycles. The Labute approximate surface area is 218 Å². The first-order chi connectivity index (χ1) is 15.7. The average Bonchev–Trinajstić information content (AvgIpc) is 3.15. The van der Waals surface area contributed by atoms with Crippen molar-refractivity contribution in [2.75, 3.05) is 20.2 Å². The summed E-state index contributed by atoms with van der Waals surface area (Å²) in [6, 6.07) is 4.33. The Morgan fingerprint density at radius 2 is 2.09 bits per heavy atom. The van der Waals surface area contributed by atoms with Gasteiger partial charge in [-0.25, -0.2) is 0 Å². The van der Waals surface area contributed by atoms with Crippen LogP contribution in [0.4, 0.5) is 0 Å². The Balaban J connectivity index is 1.80. The number of fused-ring (bicyclic) bond motifs is 1. The SMILES string of the molecule is COc1c(I)cc(CC2NCCC3NC(NCC(=O)O)SC23)cc1[I-]/C(=C/C(=O)O)C(=O)O. The fourth-order valence-corrected chi connectivity index (χ4v) is 9.37. The Morgan fingerprint density at radius 1 is 1.33 bits per heavy atom. The van der Waals surface area contributed by atoms with Crippen LogP contribution in [0.25, 0.3) is 0 Å². The van der Waals surface area contributed by atoms with Gasteiger partial charge in [-0.05, 0) is 0 Å². The van der Waals surface area contributed by atoms with Gasteiger partial charge in [0.05, 0.1) is 0 Å². The van der Waals surface area contributed by atoms with Crippen molar-refractivity contribution in [3.8, 4) is 5.75 Å². The van der Waals surface area contributed by atoms with Gasteiger partial charge in [-0.3, -0.25) is 0 Å². The minimum atomic E-state index is -1.29. The number of nitrogens with one attached hydrogen (secondary N) is 3. The van der Waals surface area contributed by atoms with Crippen molar-refractivity contribution >= 4 is 52.3 Å². The predicted molar refractivity (Wildman–Crippen MR) is 126 cm³/mol. The molecule has 2 heterocycles. The summed E-state index contributed by atoms with van der Waals surface area (Å²) in [4.78, 5) is 33.5. The van der Waals surface area contributed by atoms with Crippen LogP contribution in [0.5, 0.6) is 5.75 Å². The van der Waals surface area contributed by atoms with E-state index >= 15 is 0 Å². The Morgan fingerprint density at radius 3 is 2.73 bits per heavy atom. The van der Waals surface area contributed by atoms with Crippen LogP contribution in [0.3, 0.4) is 0 Å². The molecule has 0 radical (unpaired) electrons. The molecule has 0 aliphatic carbocycles. The molecule has 1 aromatic rings. The molecule has 3 rings (SSSR count). The van der Waals surface area contributed by atoms with Gasteiger partial charge in [0, 0.05) is 0 Å². The molecule has 1 aromatic carbocycles. The summed E-state index contributed by atoms with van der Waals surface area (Å²) in [5.41, 5.74) is 0.880. The number of aliphatic carboxylic acids is 3. The average molecular weight is 704 g/mol. The number of carbonyl (C=O) groups is 3. The molecular formula is C20H24I2N3O7S-. The predicted octanol–water partition coefficient (Wildman–Crippen LogP) is -2.45. The van der Waals surface area contributed by atoms with Crippen molar-refractivity contribution < 1.29 is 55.6 Å². The number of halogens is 2. The number of rotatable bonds is 10. The second-order valence-electron chi connectivity index (χ2n) is 7.40.